The van der Waals surface area contributed by atoms with Gasteiger partial charge in [-0.2, -0.15) is 0 Å². The molecule has 0 aliphatic heterocycles. The van der Waals surface area contributed by atoms with E-state index in [9.17, 15) is 4.39 Å². The van der Waals surface area contributed by atoms with Gasteiger partial charge in [0, 0.05) is 0 Å². The predicted octanol–water partition coefficient (Wildman–Crippen LogP) is 7.32. The highest BCUT2D eigenvalue weighted by Gasteiger charge is 2.20. The third-order valence-corrected chi connectivity index (χ3v) is 5.18. The first-order chi connectivity index (χ1) is 14.0. The number of hydrogen-bond donors (Lipinski definition) is 0. The van der Waals surface area contributed by atoms with Gasteiger partial charge in [0.2, 0.25) is 0 Å². The molecule has 3 aromatic rings. The SMILES string of the molecule is CCOc1ccc(C(C)(C)CCCc2ccc(Oc3ccccc3)c(F)c2)cc1. The van der Waals surface area contributed by atoms with Gasteiger partial charge in [0.1, 0.15) is 11.5 Å². The van der Waals surface area contributed by atoms with E-state index in [1.54, 1.807) is 12.1 Å². The lowest BCUT2D eigenvalue weighted by atomic mass is 9.80. The maximum Gasteiger partial charge on any atom is 0.165 e. The van der Waals surface area contributed by atoms with Crippen LogP contribution in [0.1, 0.15) is 44.7 Å². The highest BCUT2D eigenvalue weighted by atomic mass is 19.1. The van der Waals surface area contributed by atoms with Gasteiger partial charge >= 0.3 is 0 Å². The summed E-state index contributed by atoms with van der Waals surface area (Å²) in [5, 5.41) is 0. The number of halogens is 1. The molecule has 0 spiro atoms. The standard InChI is InChI=1S/C26H29FO2/c1-4-28-22-15-13-21(14-16-22)26(2,3)18-8-9-20-12-17-25(24(27)19-20)29-23-10-6-5-7-11-23/h5-7,10-17,19H,4,8-9,18H2,1-3H3. The van der Waals surface area contributed by atoms with Crippen LogP contribution in [0, 0.1) is 5.82 Å². The fraction of sp³-hybridized carbons (Fsp3) is 0.308. The van der Waals surface area contributed by atoms with E-state index in [1.165, 1.54) is 5.56 Å². The lowest BCUT2D eigenvalue weighted by Crippen LogP contribution is -2.17. The molecular formula is C26H29FO2. The van der Waals surface area contributed by atoms with Crippen molar-refractivity contribution in [3.05, 3.63) is 89.7 Å². The molecule has 0 atom stereocenters. The molecular weight excluding hydrogens is 363 g/mol. The van der Waals surface area contributed by atoms with Gasteiger partial charge < -0.3 is 9.47 Å². The molecule has 0 aliphatic carbocycles. The van der Waals surface area contributed by atoms with Crippen molar-refractivity contribution in [2.75, 3.05) is 6.61 Å². The van der Waals surface area contributed by atoms with E-state index < -0.39 is 0 Å². The van der Waals surface area contributed by atoms with Crippen molar-refractivity contribution < 1.29 is 13.9 Å². The van der Waals surface area contributed by atoms with E-state index in [1.807, 2.05) is 55.5 Å². The summed E-state index contributed by atoms with van der Waals surface area (Å²) >= 11 is 0. The highest BCUT2D eigenvalue weighted by Crippen LogP contribution is 2.31. The molecule has 0 aromatic heterocycles. The van der Waals surface area contributed by atoms with Crippen LogP contribution in [-0.4, -0.2) is 6.61 Å². The van der Waals surface area contributed by atoms with Crippen molar-refractivity contribution in [3.63, 3.8) is 0 Å². The Kier molecular flexibility index (Phi) is 6.92. The Bertz CT molecular complexity index is 902. The van der Waals surface area contributed by atoms with E-state index in [0.717, 1.165) is 30.6 Å². The van der Waals surface area contributed by atoms with Crippen LogP contribution in [0.2, 0.25) is 0 Å². The molecule has 2 nitrogen and oxygen atoms in total. The molecule has 0 radical (unpaired) electrons. The summed E-state index contributed by atoms with van der Waals surface area (Å²) in [7, 11) is 0. The van der Waals surface area contributed by atoms with E-state index in [2.05, 4.69) is 26.0 Å². The zero-order valence-electron chi connectivity index (χ0n) is 17.5. The zero-order chi connectivity index (χ0) is 20.7. The van der Waals surface area contributed by atoms with Crippen LogP contribution < -0.4 is 9.47 Å². The summed E-state index contributed by atoms with van der Waals surface area (Å²) < 4.78 is 25.6. The third kappa shape index (κ3) is 5.83. The molecule has 3 aromatic carbocycles. The molecule has 0 amide bonds. The van der Waals surface area contributed by atoms with Gasteiger partial charge in [-0.1, -0.05) is 50.2 Å². The first-order valence-corrected chi connectivity index (χ1v) is 10.2. The van der Waals surface area contributed by atoms with Gasteiger partial charge in [-0.3, -0.25) is 0 Å². The first kappa shape index (κ1) is 20.9. The number of para-hydroxylation sites is 1. The van der Waals surface area contributed by atoms with Crippen LogP contribution in [0.4, 0.5) is 4.39 Å². The Hall–Kier alpha value is -2.81. The maximum atomic E-state index is 14.4. The van der Waals surface area contributed by atoms with E-state index in [-0.39, 0.29) is 17.0 Å². The molecule has 29 heavy (non-hydrogen) atoms. The normalized spacial score (nSPS) is 11.3. The van der Waals surface area contributed by atoms with Gasteiger partial charge in [0.25, 0.3) is 0 Å². The largest absolute Gasteiger partial charge is 0.494 e. The van der Waals surface area contributed by atoms with Crippen molar-refractivity contribution in [3.8, 4) is 17.2 Å². The Balaban J connectivity index is 1.56. The average molecular weight is 393 g/mol. The Labute approximate surface area is 173 Å². The van der Waals surface area contributed by atoms with Crippen LogP contribution in [0.25, 0.3) is 0 Å². The van der Waals surface area contributed by atoms with Crippen molar-refractivity contribution in [1.29, 1.82) is 0 Å². The van der Waals surface area contributed by atoms with Gasteiger partial charge in [-0.15, -0.1) is 0 Å². The molecule has 0 bridgehead atoms. The van der Waals surface area contributed by atoms with Crippen molar-refractivity contribution in [2.24, 2.45) is 0 Å². The second kappa shape index (κ2) is 9.60. The second-order valence-electron chi connectivity index (χ2n) is 7.87. The topological polar surface area (TPSA) is 18.5 Å². The third-order valence-electron chi connectivity index (χ3n) is 5.18. The van der Waals surface area contributed by atoms with Gasteiger partial charge in [-0.25, -0.2) is 4.39 Å². The minimum atomic E-state index is -0.322. The van der Waals surface area contributed by atoms with Crippen LogP contribution in [0.3, 0.4) is 0 Å². The summed E-state index contributed by atoms with van der Waals surface area (Å²) in [6.45, 7) is 7.16. The molecule has 0 unspecified atom stereocenters. The monoisotopic (exact) mass is 392 g/mol. The van der Waals surface area contributed by atoms with E-state index in [0.29, 0.717) is 12.4 Å². The van der Waals surface area contributed by atoms with Crippen LogP contribution in [0.5, 0.6) is 17.2 Å². The van der Waals surface area contributed by atoms with E-state index in [4.69, 9.17) is 9.47 Å². The molecule has 3 heteroatoms. The summed E-state index contributed by atoms with van der Waals surface area (Å²) in [6.07, 6.45) is 2.84. The molecule has 0 fully saturated rings. The van der Waals surface area contributed by atoms with Crippen LogP contribution in [-0.2, 0) is 11.8 Å². The van der Waals surface area contributed by atoms with Gasteiger partial charge in [-0.05, 0) is 79.1 Å². The van der Waals surface area contributed by atoms with Gasteiger partial charge in [0.05, 0.1) is 6.61 Å². The number of ether oxygens (including phenoxy) is 2. The quantitative estimate of drug-likeness (QED) is 0.380. The molecule has 0 aliphatic rings. The van der Waals surface area contributed by atoms with Crippen molar-refractivity contribution in [2.45, 2.75) is 45.4 Å². The summed E-state index contributed by atoms with van der Waals surface area (Å²) in [4.78, 5) is 0. The molecule has 0 N–H and O–H groups in total. The molecule has 0 saturated carbocycles. The fourth-order valence-corrected chi connectivity index (χ4v) is 3.45. The number of rotatable bonds is 9. The molecule has 0 heterocycles. The minimum absolute atomic E-state index is 0.0552. The van der Waals surface area contributed by atoms with Crippen molar-refractivity contribution >= 4 is 0 Å². The smallest absolute Gasteiger partial charge is 0.165 e. The summed E-state index contributed by atoms with van der Waals surface area (Å²) in [6, 6.07) is 22.9. The average Bonchev–Trinajstić information content (AvgIpc) is 2.71. The highest BCUT2D eigenvalue weighted by molar-refractivity contribution is 5.35. The Morgan fingerprint density at radius 3 is 2.24 bits per heavy atom. The number of aryl methyl sites for hydroxylation is 1. The van der Waals surface area contributed by atoms with Crippen LogP contribution >= 0.6 is 0 Å². The predicted molar refractivity (Wildman–Crippen MR) is 116 cm³/mol. The summed E-state index contributed by atoms with van der Waals surface area (Å²) in [5.74, 6) is 1.48. The first-order valence-electron chi connectivity index (χ1n) is 10.2. The Morgan fingerprint density at radius 1 is 0.862 bits per heavy atom. The van der Waals surface area contributed by atoms with E-state index >= 15 is 0 Å². The van der Waals surface area contributed by atoms with Crippen molar-refractivity contribution in [1.82, 2.24) is 0 Å². The minimum Gasteiger partial charge on any atom is -0.494 e. The van der Waals surface area contributed by atoms with Gasteiger partial charge in [0.15, 0.2) is 11.6 Å². The Morgan fingerprint density at radius 2 is 1.59 bits per heavy atom. The second-order valence-corrected chi connectivity index (χ2v) is 7.87. The van der Waals surface area contributed by atoms with Crippen LogP contribution in [0.15, 0.2) is 72.8 Å². The fourth-order valence-electron chi connectivity index (χ4n) is 3.45. The molecule has 3 rings (SSSR count). The number of benzene rings is 3. The lowest BCUT2D eigenvalue weighted by Gasteiger charge is -2.25. The number of hydrogen-bond acceptors (Lipinski definition) is 2. The molecule has 0 saturated heterocycles. The maximum absolute atomic E-state index is 14.4. The zero-order valence-corrected chi connectivity index (χ0v) is 17.5. The summed E-state index contributed by atoms with van der Waals surface area (Å²) in [5.41, 5.74) is 2.34. The molecule has 152 valence electrons. The lowest BCUT2D eigenvalue weighted by molar-refractivity contribution is 0.339.